The van der Waals surface area contributed by atoms with Crippen LogP contribution in [0.3, 0.4) is 0 Å². The van der Waals surface area contributed by atoms with Gasteiger partial charge >= 0.3 is 0 Å². The summed E-state index contributed by atoms with van der Waals surface area (Å²) in [4.78, 5) is 12.5. The van der Waals surface area contributed by atoms with Crippen molar-refractivity contribution in [1.29, 1.82) is 5.26 Å². The van der Waals surface area contributed by atoms with Crippen molar-refractivity contribution in [3.63, 3.8) is 0 Å². The van der Waals surface area contributed by atoms with E-state index < -0.39 is 5.91 Å². The number of rotatable bonds is 7. The Morgan fingerprint density at radius 3 is 2.13 bits per heavy atom. The van der Waals surface area contributed by atoms with Crippen LogP contribution in [0.1, 0.15) is 25.3 Å². The van der Waals surface area contributed by atoms with Crippen molar-refractivity contribution < 1.29 is 4.79 Å². The lowest BCUT2D eigenvalue weighted by Crippen LogP contribution is -2.16. The summed E-state index contributed by atoms with van der Waals surface area (Å²) in [5.41, 5.74) is 4.46. The first kappa shape index (κ1) is 20.7. The first-order chi connectivity index (χ1) is 14.6. The van der Waals surface area contributed by atoms with Crippen LogP contribution in [0.4, 0.5) is 22.7 Å². The molecule has 0 unspecified atom stereocenters. The van der Waals surface area contributed by atoms with Crippen LogP contribution in [0, 0.1) is 11.3 Å². The normalized spacial score (nSPS) is 10.9. The van der Waals surface area contributed by atoms with E-state index in [1.54, 1.807) is 0 Å². The second-order valence-electron chi connectivity index (χ2n) is 7.08. The summed E-state index contributed by atoms with van der Waals surface area (Å²) >= 11 is 0. The van der Waals surface area contributed by atoms with Gasteiger partial charge in [0.05, 0.1) is 0 Å². The van der Waals surface area contributed by atoms with Gasteiger partial charge in [-0.3, -0.25) is 4.79 Å². The molecule has 0 bridgehead atoms. The lowest BCUT2D eigenvalue weighted by atomic mass is 10.0. The Balaban J connectivity index is 1.65. The number of carbonyl (C=O) groups is 1. The Bertz CT molecular complexity index is 1060. The SMILES string of the molecule is CC(C)c1ccccc1NC(=O)/C(C#N)=C\Nc1ccc(Nc2ccccc2)cc1. The van der Waals surface area contributed by atoms with Gasteiger partial charge in [-0.1, -0.05) is 50.2 Å². The first-order valence-corrected chi connectivity index (χ1v) is 9.76. The molecule has 5 heteroatoms. The molecule has 30 heavy (non-hydrogen) atoms. The molecule has 1 amide bonds. The molecule has 3 N–H and O–H groups in total. The Kier molecular flexibility index (Phi) is 6.86. The maximum Gasteiger partial charge on any atom is 0.267 e. The molecule has 3 aromatic rings. The highest BCUT2D eigenvalue weighted by atomic mass is 16.1. The van der Waals surface area contributed by atoms with E-state index in [9.17, 15) is 10.1 Å². The van der Waals surface area contributed by atoms with Gasteiger partial charge in [0.1, 0.15) is 11.6 Å². The third-order valence-corrected chi connectivity index (χ3v) is 4.53. The highest BCUT2D eigenvalue weighted by molar-refractivity contribution is 6.07. The highest BCUT2D eigenvalue weighted by Gasteiger charge is 2.13. The van der Waals surface area contributed by atoms with Gasteiger partial charge < -0.3 is 16.0 Å². The zero-order valence-corrected chi connectivity index (χ0v) is 17.0. The van der Waals surface area contributed by atoms with Gasteiger partial charge in [-0.05, 0) is 53.9 Å². The zero-order chi connectivity index (χ0) is 21.3. The van der Waals surface area contributed by atoms with E-state index >= 15 is 0 Å². The summed E-state index contributed by atoms with van der Waals surface area (Å²) in [6.07, 6.45) is 1.42. The summed E-state index contributed by atoms with van der Waals surface area (Å²) in [7, 11) is 0. The first-order valence-electron chi connectivity index (χ1n) is 9.76. The number of nitrogens with zero attached hydrogens (tertiary/aromatic N) is 1. The van der Waals surface area contributed by atoms with E-state index in [4.69, 9.17) is 0 Å². The molecule has 0 aliphatic carbocycles. The minimum Gasteiger partial charge on any atom is -0.360 e. The predicted molar refractivity (Wildman–Crippen MR) is 123 cm³/mol. The van der Waals surface area contributed by atoms with Crippen molar-refractivity contribution in [2.45, 2.75) is 19.8 Å². The number of nitrogens with one attached hydrogen (secondary N) is 3. The van der Waals surface area contributed by atoms with E-state index in [1.165, 1.54) is 6.20 Å². The van der Waals surface area contributed by atoms with Crippen LogP contribution in [0.25, 0.3) is 0 Å². The molecule has 0 aliphatic heterocycles. The van der Waals surface area contributed by atoms with Crippen molar-refractivity contribution in [2.75, 3.05) is 16.0 Å². The van der Waals surface area contributed by atoms with Crippen LogP contribution in [0.2, 0.25) is 0 Å². The average molecular weight is 396 g/mol. The quantitative estimate of drug-likeness (QED) is 0.337. The van der Waals surface area contributed by atoms with Crippen LogP contribution >= 0.6 is 0 Å². The number of amides is 1. The summed E-state index contributed by atoms with van der Waals surface area (Å²) in [6, 6.07) is 27.1. The predicted octanol–water partition coefficient (Wildman–Crippen LogP) is 6.01. The van der Waals surface area contributed by atoms with Crippen LogP contribution < -0.4 is 16.0 Å². The average Bonchev–Trinajstić information content (AvgIpc) is 2.76. The fraction of sp³-hybridized carbons (Fsp3) is 0.120. The summed E-state index contributed by atoms with van der Waals surface area (Å²) in [5.74, 6) is -0.183. The lowest BCUT2D eigenvalue weighted by molar-refractivity contribution is -0.112. The Morgan fingerprint density at radius 2 is 1.47 bits per heavy atom. The molecule has 5 nitrogen and oxygen atoms in total. The van der Waals surface area contributed by atoms with Gasteiger partial charge in [-0.25, -0.2) is 0 Å². The smallest absolute Gasteiger partial charge is 0.267 e. The summed E-state index contributed by atoms with van der Waals surface area (Å²) in [6.45, 7) is 4.12. The number of hydrogen-bond donors (Lipinski definition) is 3. The van der Waals surface area contributed by atoms with Crippen LogP contribution in [-0.4, -0.2) is 5.91 Å². The maximum atomic E-state index is 12.5. The fourth-order valence-electron chi connectivity index (χ4n) is 2.95. The molecule has 0 saturated carbocycles. The van der Waals surface area contributed by atoms with Gasteiger partial charge in [0.25, 0.3) is 5.91 Å². The number of anilines is 4. The molecule has 3 aromatic carbocycles. The van der Waals surface area contributed by atoms with E-state index in [0.717, 1.165) is 28.3 Å². The van der Waals surface area contributed by atoms with Crippen molar-refractivity contribution in [1.82, 2.24) is 0 Å². The Morgan fingerprint density at radius 1 is 0.867 bits per heavy atom. The third-order valence-electron chi connectivity index (χ3n) is 4.53. The summed E-state index contributed by atoms with van der Waals surface area (Å²) in [5, 5.41) is 18.6. The summed E-state index contributed by atoms with van der Waals surface area (Å²) < 4.78 is 0. The van der Waals surface area contributed by atoms with E-state index in [2.05, 4.69) is 29.8 Å². The van der Waals surface area contributed by atoms with E-state index in [-0.39, 0.29) is 11.5 Å². The highest BCUT2D eigenvalue weighted by Crippen LogP contribution is 2.24. The van der Waals surface area contributed by atoms with Crippen molar-refractivity contribution in [3.05, 3.63) is 96.2 Å². The topological polar surface area (TPSA) is 77.0 Å². The minimum absolute atomic E-state index is 0.0000428. The number of carbonyl (C=O) groups excluding carboxylic acids is 1. The monoisotopic (exact) mass is 396 g/mol. The Hall–Kier alpha value is -4.04. The second kappa shape index (κ2) is 9.94. The third kappa shape index (κ3) is 5.49. The molecule has 3 rings (SSSR count). The van der Waals surface area contributed by atoms with Gasteiger partial charge in [0, 0.05) is 28.9 Å². The molecule has 0 heterocycles. The molecular formula is C25H24N4O. The molecule has 0 radical (unpaired) electrons. The molecule has 0 saturated heterocycles. The number of hydrogen-bond acceptors (Lipinski definition) is 4. The lowest BCUT2D eigenvalue weighted by Gasteiger charge is -2.13. The minimum atomic E-state index is -0.444. The number of nitriles is 1. The van der Waals surface area contributed by atoms with Crippen molar-refractivity contribution >= 4 is 28.7 Å². The van der Waals surface area contributed by atoms with Gasteiger partial charge in [-0.15, -0.1) is 0 Å². The molecule has 0 atom stereocenters. The van der Waals surface area contributed by atoms with Gasteiger partial charge in [0.15, 0.2) is 0 Å². The largest absolute Gasteiger partial charge is 0.360 e. The van der Waals surface area contributed by atoms with Crippen molar-refractivity contribution in [3.8, 4) is 6.07 Å². The molecule has 0 aliphatic rings. The molecule has 0 aromatic heterocycles. The molecule has 0 spiro atoms. The van der Waals surface area contributed by atoms with Gasteiger partial charge in [-0.2, -0.15) is 5.26 Å². The fourth-order valence-corrected chi connectivity index (χ4v) is 2.95. The van der Waals surface area contributed by atoms with E-state index in [1.807, 2.05) is 84.9 Å². The zero-order valence-electron chi connectivity index (χ0n) is 17.0. The standard InChI is InChI=1S/C25H24N4O/c1-18(2)23-10-6-7-11-24(23)29-25(30)19(16-26)17-27-20-12-14-22(15-13-20)28-21-8-4-3-5-9-21/h3-15,17-18,27-28H,1-2H3,(H,29,30)/b19-17-. The maximum absolute atomic E-state index is 12.5. The van der Waals surface area contributed by atoms with Crippen LogP contribution in [-0.2, 0) is 4.79 Å². The Labute approximate surface area is 177 Å². The van der Waals surface area contributed by atoms with Crippen molar-refractivity contribution in [2.24, 2.45) is 0 Å². The van der Waals surface area contributed by atoms with Gasteiger partial charge in [0.2, 0.25) is 0 Å². The number of benzene rings is 3. The van der Waals surface area contributed by atoms with Crippen LogP contribution in [0.15, 0.2) is 90.6 Å². The second-order valence-corrected chi connectivity index (χ2v) is 7.08. The van der Waals surface area contributed by atoms with E-state index in [0.29, 0.717) is 0 Å². The van der Waals surface area contributed by atoms with Crippen LogP contribution in [0.5, 0.6) is 0 Å². The number of para-hydroxylation sites is 2. The molecular weight excluding hydrogens is 372 g/mol. The molecule has 150 valence electrons. The molecule has 0 fully saturated rings.